The summed E-state index contributed by atoms with van der Waals surface area (Å²) < 4.78 is 7.67. The van der Waals surface area contributed by atoms with Crippen LogP contribution in [0.5, 0.6) is 5.75 Å². The van der Waals surface area contributed by atoms with Gasteiger partial charge in [-0.3, -0.25) is 4.79 Å². The highest BCUT2D eigenvalue weighted by Crippen LogP contribution is 2.27. The van der Waals surface area contributed by atoms with Crippen LogP contribution in [0.15, 0.2) is 59.1 Å². The maximum Gasteiger partial charge on any atom is 0.322 e. The smallest absolute Gasteiger partial charge is 0.322 e. The SMILES string of the molecule is COc1ccc(-n2nc(C(C)(C)C)cc2NC(=O)CN(C)C(=O)Nc2ccccc2Br)cc1. The minimum atomic E-state index is -0.393. The van der Waals surface area contributed by atoms with E-state index in [2.05, 4.69) is 47.3 Å². The second-order valence-corrected chi connectivity index (χ2v) is 9.44. The maximum atomic E-state index is 12.8. The molecule has 3 aromatic rings. The van der Waals surface area contributed by atoms with Crippen LogP contribution in [0.4, 0.5) is 16.3 Å². The van der Waals surface area contributed by atoms with Crippen molar-refractivity contribution in [3.05, 3.63) is 64.8 Å². The van der Waals surface area contributed by atoms with Crippen LogP contribution in [0.25, 0.3) is 5.69 Å². The summed E-state index contributed by atoms with van der Waals surface area (Å²) in [5.74, 6) is 0.912. The molecule has 3 amide bonds. The van der Waals surface area contributed by atoms with Gasteiger partial charge in [-0.2, -0.15) is 5.10 Å². The zero-order valence-corrected chi connectivity index (χ0v) is 20.9. The number of ether oxygens (including phenoxy) is 1. The Bertz CT molecular complexity index is 1140. The van der Waals surface area contributed by atoms with Crippen molar-refractivity contribution in [3.8, 4) is 11.4 Å². The number of amides is 3. The molecule has 0 radical (unpaired) electrons. The van der Waals surface area contributed by atoms with Gasteiger partial charge in [0.2, 0.25) is 5.91 Å². The molecule has 1 aromatic heterocycles. The average molecular weight is 514 g/mol. The van der Waals surface area contributed by atoms with Gasteiger partial charge in [0.05, 0.1) is 24.2 Å². The number of halogens is 1. The quantitative estimate of drug-likeness (QED) is 0.482. The lowest BCUT2D eigenvalue weighted by atomic mass is 9.92. The Labute approximate surface area is 202 Å². The fourth-order valence-corrected chi connectivity index (χ4v) is 3.38. The first-order chi connectivity index (χ1) is 15.6. The number of nitrogens with one attached hydrogen (secondary N) is 2. The number of carbonyl (C=O) groups excluding carboxylic acids is 2. The van der Waals surface area contributed by atoms with Crippen molar-refractivity contribution in [1.82, 2.24) is 14.7 Å². The molecule has 9 heteroatoms. The zero-order valence-electron chi connectivity index (χ0n) is 19.3. The highest BCUT2D eigenvalue weighted by molar-refractivity contribution is 9.10. The number of rotatable bonds is 6. The van der Waals surface area contributed by atoms with E-state index in [9.17, 15) is 9.59 Å². The Morgan fingerprint density at radius 2 is 1.76 bits per heavy atom. The first-order valence-electron chi connectivity index (χ1n) is 10.4. The number of para-hydroxylation sites is 1. The summed E-state index contributed by atoms with van der Waals surface area (Å²) in [6.07, 6.45) is 0. The molecular weight excluding hydrogens is 486 g/mol. The van der Waals surface area contributed by atoms with Gasteiger partial charge >= 0.3 is 6.03 Å². The minimum Gasteiger partial charge on any atom is -0.497 e. The van der Waals surface area contributed by atoms with Crippen molar-refractivity contribution in [3.63, 3.8) is 0 Å². The van der Waals surface area contributed by atoms with Gasteiger partial charge in [0.15, 0.2) is 0 Å². The van der Waals surface area contributed by atoms with Gasteiger partial charge in [-0.25, -0.2) is 9.48 Å². The lowest BCUT2D eigenvalue weighted by Gasteiger charge is -2.18. The number of aromatic nitrogens is 2. The first-order valence-corrected chi connectivity index (χ1v) is 11.2. The third-order valence-electron chi connectivity index (χ3n) is 4.91. The molecule has 0 saturated carbocycles. The number of carbonyl (C=O) groups is 2. The molecule has 0 saturated heterocycles. The summed E-state index contributed by atoms with van der Waals surface area (Å²) in [5.41, 5.74) is 2.02. The number of anilines is 2. The Kier molecular flexibility index (Phi) is 7.43. The number of nitrogens with zero attached hydrogens (tertiary/aromatic N) is 3. The van der Waals surface area contributed by atoms with E-state index in [4.69, 9.17) is 9.84 Å². The number of benzene rings is 2. The summed E-state index contributed by atoms with van der Waals surface area (Å²) in [6, 6.07) is 16.1. The van der Waals surface area contributed by atoms with Crippen LogP contribution in [0, 0.1) is 0 Å². The number of likely N-dealkylation sites (N-methyl/N-ethyl adjacent to an activating group) is 1. The van der Waals surface area contributed by atoms with E-state index in [1.54, 1.807) is 24.9 Å². The summed E-state index contributed by atoms with van der Waals surface area (Å²) in [4.78, 5) is 26.6. The summed E-state index contributed by atoms with van der Waals surface area (Å²) in [6.45, 7) is 6.03. The topological polar surface area (TPSA) is 88.5 Å². The molecule has 1 heterocycles. The number of urea groups is 1. The molecule has 0 aliphatic heterocycles. The molecule has 0 atom stereocenters. The standard InChI is InChI=1S/C24H28BrN5O3/c1-24(2,3)20-14-21(30(28-20)16-10-12-17(33-5)13-11-16)27-22(31)15-29(4)23(32)26-19-9-7-6-8-18(19)25/h6-14H,15H2,1-5H3,(H,26,32)(H,27,31). The molecule has 8 nitrogen and oxygen atoms in total. The largest absolute Gasteiger partial charge is 0.497 e. The monoisotopic (exact) mass is 513 g/mol. The molecule has 0 bridgehead atoms. The highest BCUT2D eigenvalue weighted by atomic mass is 79.9. The summed E-state index contributed by atoms with van der Waals surface area (Å²) >= 11 is 3.40. The van der Waals surface area contributed by atoms with Crippen LogP contribution in [-0.4, -0.2) is 47.3 Å². The molecule has 0 aliphatic rings. The van der Waals surface area contributed by atoms with Crippen LogP contribution in [-0.2, 0) is 10.2 Å². The van der Waals surface area contributed by atoms with Gasteiger partial charge in [-0.05, 0) is 52.3 Å². The van der Waals surface area contributed by atoms with E-state index >= 15 is 0 Å². The van der Waals surface area contributed by atoms with Crippen molar-refractivity contribution in [2.75, 3.05) is 31.3 Å². The Morgan fingerprint density at radius 1 is 1.09 bits per heavy atom. The third-order valence-corrected chi connectivity index (χ3v) is 5.60. The minimum absolute atomic E-state index is 0.130. The van der Waals surface area contributed by atoms with Gasteiger partial charge in [0, 0.05) is 23.0 Å². The Morgan fingerprint density at radius 3 is 2.36 bits per heavy atom. The van der Waals surface area contributed by atoms with Crippen LogP contribution in [0.1, 0.15) is 26.5 Å². The van der Waals surface area contributed by atoms with E-state index in [1.165, 1.54) is 4.90 Å². The fourth-order valence-electron chi connectivity index (χ4n) is 3.00. The second-order valence-electron chi connectivity index (χ2n) is 8.59. The Hall–Kier alpha value is -3.33. The van der Waals surface area contributed by atoms with Crippen LogP contribution >= 0.6 is 15.9 Å². The fraction of sp³-hybridized carbons (Fsp3) is 0.292. The third kappa shape index (κ3) is 6.13. The number of hydrogen-bond donors (Lipinski definition) is 2. The molecule has 174 valence electrons. The van der Waals surface area contributed by atoms with Crippen molar-refractivity contribution in [1.29, 1.82) is 0 Å². The van der Waals surface area contributed by atoms with Crippen molar-refractivity contribution >= 4 is 39.4 Å². The van der Waals surface area contributed by atoms with Gasteiger partial charge < -0.3 is 20.3 Å². The Balaban J connectivity index is 1.75. The molecule has 33 heavy (non-hydrogen) atoms. The highest BCUT2D eigenvalue weighted by Gasteiger charge is 2.22. The van der Waals surface area contributed by atoms with Crippen molar-refractivity contribution in [2.45, 2.75) is 26.2 Å². The average Bonchev–Trinajstić information content (AvgIpc) is 3.19. The molecule has 0 unspecified atom stereocenters. The van der Waals surface area contributed by atoms with Crippen LogP contribution in [0.3, 0.4) is 0 Å². The molecule has 2 aromatic carbocycles. The number of hydrogen-bond acceptors (Lipinski definition) is 4. The molecular formula is C24H28BrN5O3. The molecule has 2 N–H and O–H groups in total. The van der Waals surface area contributed by atoms with E-state index in [0.717, 1.165) is 21.6 Å². The van der Waals surface area contributed by atoms with E-state index in [-0.39, 0.29) is 17.9 Å². The van der Waals surface area contributed by atoms with Crippen molar-refractivity contribution in [2.24, 2.45) is 0 Å². The molecule has 0 aliphatic carbocycles. The predicted octanol–water partition coefficient (Wildman–Crippen LogP) is 5.04. The first kappa shape index (κ1) is 24.3. The molecule has 3 rings (SSSR count). The van der Waals surface area contributed by atoms with Crippen LogP contribution < -0.4 is 15.4 Å². The van der Waals surface area contributed by atoms with Crippen LogP contribution in [0.2, 0.25) is 0 Å². The number of methoxy groups -OCH3 is 1. The van der Waals surface area contributed by atoms with Gasteiger partial charge in [0.25, 0.3) is 0 Å². The van der Waals surface area contributed by atoms with Gasteiger partial charge in [-0.1, -0.05) is 32.9 Å². The summed E-state index contributed by atoms with van der Waals surface area (Å²) in [7, 11) is 3.17. The van der Waals surface area contributed by atoms with E-state index in [0.29, 0.717) is 11.5 Å². The second kappa shape index (κ2) is 10.1. The zero-order chi connectivity index (χ0) is 24.2. The van der Waals surface area contributed by atoms with E-state index in [1.807, 2.05) is 48.5 Å². The van der Waals surface area contributed by atoms with E-state index < -0.39 is 6.03 Å². The molecule has 0 spiro atoms. The van der Waals surface area contributed by atoms with Gasteiger partial charge in [-0.15, -0.1) is 0 Å². The van der Waals surface area contributed by atoms with Crippen molar-refractivity contribution < 1.29 is 14.3 Å². The lowest BCUT2D eigenvalue weighted by molar-refractivity contribution is -0.116. The predicted molar refractivity (Wildman–Crippen MR) is 133 cm³/mol. The summed E-state index contributed by atoms with van der Waals surface area (Å²) in [5, 5.41) is 10.4. The lowest BCUT2D eigenvalue weighted by Crippen LogP contribution is -2.38. The van der Waals surface area contributed by atoms with Gasteiger partial charge in [0.1, 0.15) is 18.1 Å². The normalized spacial score (nSPS) is 11.1. The maximum absolute atomic E-state index is 12.8. The molecule has 0 fully saturated rings.